The maximum Gasteiger partial charge on any atom is 0.527 e. The zero-order valence-corrected chi connectivity index (χ0v) is 19.2. The molecule has 0 aliphatic carbocycles. The molecule has 2 fully saturated rings. The van der Waals surface area contributed by atoms with Crippen LogP contribution in [0.4, 0.5) is 70.6 Å². The van der Waals surface area contributed by atoms with Crippen LogP contribution in [0.15, 0.2) is 0 Å². The van der Waals surface area contributed by atoms with E-state index < -0.39 is 62.0 Å². The molecular formula is C17H21F16NO5. The van der Waals surface area contributed by atoms with E-state index in [2.05, 4.69) is 4.74 Å². The van der Waals surface area contributed by atoms with Crippen molar-refractivity contribution in [1.29, 1.82) is 0 Å². The molecule has 0 bridgehead atoms. The Kier molecular flexibility index (Phi) is 13.1. The fourth-order valence-electron chi connectivity index (χ4n) is 2.60. The number of nitrogens with zero attached hydrogens (tertiary/aromatic N) is 1. The van der Waals surface area contributed by atoms with Gasteiger partial charge in [0.15, 0.2) is 0 Å². The van der Waals surface area contributed by atoms with Crippen molar-refractivity contribution >= 4 is 0 Å². The van der Waals surface area contributed by atoms with Gasteiger partial charge in [-0.1, -0.05) is 0 Å². The summed E-state index contributed by atoms with van der Waals surface area (Å²) in [4.78, 5) is 1.08. The van der Waals surface area contributed by atoms with E-state index in [1.807, 2.05) is 0 Å². The first-order valence-electron chi connectivity index (χ1n) is 10.1. The number of alkyl halides is 15. The van der Waals surface area contributed by atoms with Gasteiger partial charge >= 0.3 is 30.4 Å². The summed E-state index contributed by atoms with van der Waals surface area (Å²) in [6.45, 7) is 0.552. The smallest absolute Gasteiger partial charge is 0.379 e. The van der Waals surface area contributed by atoms with Crippen molar-refractivity contribution < 1.29 is 94.2 Å². The first-order chi connectivity index (χ1) is 17.0. The Morgan fingerprint density at radius 1 is 0.744 bits per heavy atom. The van der Waals surface area contributed by atoms with Gasteiger partial charge in [-0.05, 0) is 0 Å². The van der Waals surface area contributed by atoms with Crippen molar-refractivity contribution in [3.05, 3.63) is 0 Å². The summed E-state index contributed by atoms with van der Waals surface area (Å²) in [5.41, 5.74) is 0. The van der Waals surface area contributed by atoms with Gasteiger partial charge in [0.05, 0.1) is 33.0 Å². The first-order valence-corrected chi connectivity index (χ1v) is 10.1. The molecule has 0 aromatic carbocycles. The molecule has 3 unspecified atom stereocenters. The van der Waals surface area contributed by atoms with Gasteiger partial charge in [0.2, 0.25) is 6.30 Å². The van der Waals surface area contributed by atoms with Gasteiger partial charge in [-0.3, -0.25) is 14.3 Å². The number of hydrogen-bond acceptors (Lipinski definition) is 6. The molecule has 2 heterocycles. The van der Waals surface area contributed by atoms with Crippen LogP contribution < -0.4 is 0 Å². The largest absolute Gasteiger partial charge is 0.527 e. The predicted octanol–water partition coefficient (Wildman–Crippen LogP) is 5.13. The second-order valence-electron chi connectivity index (χ2n) is 7.64. The topological polar surface area (TPSA) is 49.4 Å². The highest BCUT2D eigenvalue weighted by atomic mass is 19.4. The second kappa shape index (κ2) is 13.5. The van der Waals surface area contributed by atoms with Crippen molar-refractivity contribution in [3.8, 4) is 0 Å². The normalized spacial score (nSPS) is 22.3. The minimum Gasteiger partial charge on any atom is -0.379 e. The Morgan fingerprint density at radius 3 is 1.67 bits per heavy atom. The molecular weight excluding hydrogens is 602 g/mol. The van der Waals surface area contributed by atoms with E-state index in [4.69, 9.17) is 14.2 Å². The fraction of sp³-hybridized carbons (Fsp3) is 1.00. The van der Waals surface area contributed by atoms with Crippen LogP contribution >= 0.6 is 0 Å². The van der Waals surface area contributed by atoms with E-state index in [1.54, 1.807) is 0 Å². The standard InChI is InChI=1S/C10H16F3NO3.C7H4F12O2.FH/c11-9(14-1-3-15-4-2-14)10(12,13)8-7-16-5-6-17-8;1-3(9,10)2(8)20-5(13,14)4(11,12)6(15,16)21-7(17,18)19;/h8-9H,1-7H2;2H,1H3;1H. The predicted molar refractivity (Wildman–Crippen MR) is 93.9 cm³/mol. The van der Waals surface area contributed by atoms with Gasteiger partial charge in [-0.15, -0.1) is 13.2 Å². The summed E-state index contributed by atoms with van der Waals surface area (Å²) in [5.74, 6) is -15.5. The van der Waals surface area contributed by atoms with Crippen molar-refractivity contribution in [2.24, 2.45) is 0 Å². The molecule has 0 aromatic heterocycles. The van der Waals surface area contributed by atoms with Crippen molar-refractivity contribution in [2.45, 2.75) is 62.0 Å². The van der Waals surface area contributed by atoms with Crippen molar-refractivity contribution in [1.82, 2.24) is 4.90 Å². The third-order valence-corrected chi connectivity index (χ3v) is 4.55. The summed E-state index contributed by atoms with van der Waals surface area (Å²) in [5, 5.41) is 0. The van der Waals surface area contributed by atoms with E-state index in [9.17, 15) is 65.9 Å². The molecule has 0 amide bonds. The van der Waals surface area contributed by atoms with E-state index >= 15 is 0 Å². The molecule has 6 nitrogen and oxygen atoms in total. The molecule has 0 saturated carbocycles. The van der Waals surface area contributed by atoms with Crippen molar-refractivity contribution in [2.75, 3.05) is 46.1 Å². The number of rotatable bonds is 9. The Morgan fingerprint density at radius 2 is 1.26 bits per heavy atom. The van der Waals surface area contributed by atoms with Gasteiger partial charge in [-0.2, -0.15) is 35.1 Å². The molecule has 0 N–H and O–H groups in total. The molecule has 2 aliphatic heterocycles. The summed E-state index contributed by atoms with van der Waals surface area (Å²) >= 11 is 0. The van der Waals surface area contributed by atoms with Gasteiger partial charge < -0.3 is 14.2 Å². The number of ether oxygens (including phenoxy) is 5. The Hall–Kier alpha value is -1.36. The summed E-state index contributed by atoms with van der Waals surface area (Å²) in [7, 11) is 0. The molecule has 0 aromatic rings. The van der Waals surface area contributed by atoms with E-state index in [0.717, 1.165) is 4.90 Å². The third kappa shape index (κ3) is 10.2. The van der Waals surface area contributed by atoms with Crippen molar-refractivity contribution in [3.63, 3.8) is 0 Å². The lowest BCUT2D eigenvalue weighted by molar-refractivity contribution is -0.515. The van der Waals surface area contributed by atoms with Gasteiger partial charge in [0.25, 0.3) is 12.3 Å². The second-order valence-corrected chi connectivity index (χ2v) is 7.64. The highest BCUT2D eigenvalue weighted by molar-refractivity contribution is 4.88. The maximum absolute atomic E-state index is 13.8. The Balaban J connectivity index is 0.000000733. The zero-order chi connectivity index (χ0) is 29.8. The Labute approximate surface area is 208 Å². The molecule has 2 saturated heterocycles. The van der Waals surface area contributed by atoms with Crippen LogP contribution in [-0.4, -0.2) is 106 Å². The summed E-state index contributed by atoms with van der Waals surface area (Å²) < 4.78 is 206. The van der Waals surface area contributed by atoms with E-state index in [1.165, 1.54) is 4.74 Å². The summed E-state index contributed by atoms with van der Waals surface area (Å²) in [6, 6.07) is 0. The lowest BCUT2D eigenvalue weighted by Crippen LogP contribution is -2.59. The molecule has 2 aliphatic rings. The quantitative estimate of drug-likeness (QED) is 0.263. The lowest BCUT2D eigenvalue weighted by atomic mass is 10.1. The average Bonchev–Trinajstić information content (AvgIpc) is 2.77. The van der Waals surface area contributed by atoms with Crippen LogP contribution in [0, 0.1) is 0 Å². The SMILES string of the molecule is CC(F)(F)C(F)OC(F)(F)C(F)(F)C(F)(F)OC(F)(F)F.F.FC(N1CCOCC1)C(F)(F)C1COCCO1. The zero-order valence-electron chi connectivity index (χ0n) is 19.2. The summed E-state index contributed by atoms with van der Waals surface area (Å²) in [6.07, 6.45) is -28.5. The van der Waals surface area contributed by atoms with Crippen LogP contribution in [0.1, 0.15) is 6.92 Å². The molecule has 2 rings (SSSR count). The lowest BCUT2D eigenvalue weighted by Gasteiger charge is -2.38. The third-order valence-electron chi connectivity index (χ3n) is 4.55. The maximum atomic E-state index is 13.8. The van der Waals surface area contributed by atoms with Crippen LogP contribution in [0.2, 0.25) is 0 Å². The van der Waals surface area contributed by atoms with Crippen LogP contribution in [-0.2, 0) is 23.7 Å². The van der Waals surface area contributed by atoms with Crippen LogP contribution in [0.3, 0.4) is 0 Å². The number of hydrogen-bond donors (Lipinski definition) is 0. The minimum atomic E-state index is -7.11. The molecule has 22 heteroatoms. The number of morpholine rings is 1. The van der Waals surface area contributed by atoms with Gasteiger partial charge in [-0.25, -0.2) is 22.3 Å². The molecule has 236 valence electrons. The Bertz CT molecular complexity index is 723. The minimum absolute atomic E-state index is 0. The fourth-order valence-corrected chi connectivity index (χ4v) is 2.60. The van der Waals surface area contributed by atoms with Crippen LogP contribution in [0.25, 0.3) is 0 Å². The van der Waals surface area contributed by atoms with Gasteiger partial charge in [0, 0.05) is 20.0 Å². The molecule has 39 heavy (non-hydrogen) atoms. The van der Waals surface area contributed by atoms with E-state index in [0.29, 0.717) is 0 Å². The van der Waals surface area contributed by atoms with Gasteiger partial charge in [0.1, 0.15) is 6.10 Å². The monoisotopic (exact) mass is 623 g/mol. The first kappa shape index (κ1) is 37.6. The highest BCUT2D eigenvalue weighted by Crippen LogP contribution is 2.50. The number of halogens is 16. The molecule has 0 spiro atoms. The average molecular weight is 623 g/mol. The van der Waals surface area contributed by atoms with E-state index in [-0.39, 0.29) is 50.8 Å². The highest BCUT2D eigenvalue weighted by Gasteiger charge is 2.77. The molecule has 3 atom stereocenters. The van der Waals surface area contributed by atoms with Crippen LogP contribution in [0.5, 0.6) is 0 Å². The molecule has 0 radical (unpaired) electrons.